The predicted molar refractivity (Wildman–Crippen MR) is 74.6 cm³/mol. The van der Waals surface area contributed by atoms with Gasteiger partial charge >= 0.3 is 0 Å². The summed E-state index contributed by atoms with van der Waals surface area (Å²) in [6, 6.07) is 1.76. The van der Waals surface area contributed by atoms with Crippen molar-refractivity contribution in [1.29, 1.82) is 0 Å². The fraction of sp³-hybridized carbons (Fsp3) is 0.500. The van der Waals surface area contributed by atoms with Gasteiger partial charge in [-0.2, -0.15) is 11.8 Å². The van der Waals surface area contributed by atoms with Crippen molar-refractivity contribution in [3.05, 3.63) is 23.5 Å². The minimum atomic E-state index is -0.122. The number of aromatic nitrogens is 1. The Labute approximate surface area is 111 Å². The highest BCUT2D eigenvalue weighted by molar-refractivity contribution is 8.00. The molecule has 0 bridgehead atoms. The molecule has 1 saturated heterocycles. The molecule has 1 atom stereocenters. The highest BCUT2D eigenvalue weighted by Crippen LogP contribution is 2.25. The number of thioether (sulfide) groups is 1. The summed E-state index contributed by atoms with van der Waals surface area (Å²) in [5.74, 6) is 6.49. The van der Waals surface area contributed by atoms with E-state index in [0.29, 0.717) is 23.0 Å². The van der Waals surface area contributed by atoms with E-state index in [2.05, 4.69) is 15.7 Å². The van der Waals surface area contributed by atoms with Crippen molar-refractivity contribution >= 4 is 23.4 Å². The van der Waals surface area contributed by atoms with Gasteiger partial charge in [0.05, 0.1) is 11.3 Å². The predicted octanol–water partition coefficient (Wildman–Crippen LogP) is 1.30. The van der Waals surface area contributed by atoms with Gasteiger partial charge in [0.25, 0.3) is 5.91 Å². The zero-order valence-corrected chi connectivity index (χ0v) is 11.2. The zero-order valence-electron chi connectivity index (χ0n) is 10.4. The maximum Gasteiger partial charge on any atom is 0.255 e. The van der Waals surface area contributed by atoms with E-state index in [-0.39, 0.29) is 5.91 Å². The van der Waals surface area contributed by atoms with Crippen molar-refractivity contribution in [3.63, 3.8) is 0 Å². The molecule has 18 heavy (non-hydrogen) atoms. The number of pyridine rings is 1. The minimum absolute atomic E-state index is 0.122. The standard InChI is InChI=1S/C12H18N4OS/c1-8-5-11(16-13)10(7-14-8)12(17)15-6-9-3-2-4-18-9/h5,7,9H,2-4,6,13H2,1H3,(H,14,16)(H,15,17). The number of aryl methyl sites for hydroxylation is 1. The Morgan fingerprint density at radius 1 is 1.67 bits per heavy atom. The molecule has 4 N–H and O–H groups in total. The van der Waals surface area contributed by atoms with Crippen LogP contribution in [0.15, 0.2) is 12.3 Å². The minimum Gasteiger partial charge on any atom is -0.351 e. The quantitative estimate of drug-likeness (QED) is 0.565. The van der Waals surface area contributed by atoms with Crippen LogP contribution < -0.4 is 16.6 Å². The first-order chi connectivity index (χ1) is 8.70. The van der Waals surface area contributed by atoms with E-state index in [4.69, 9.17) is 5.84 Å². The number of carbonyl (C=O) groups excluding carboxylic acids is 1. The van der Waals surface area contributed by atoms with E-state index in [1.54, 1.807) is 12.3 Å². The summed E-state index contributed by atoms with van der Waals surface area (Å²) >= 11 is 1.92. The number of anilines is 1. The summed E-state index contributed by atoms with van der Waals surface area (Å²) in [5.41, 5.74) is 4.47. The number of hydrogen-bond acceptors (Lipinski definition) is 5. The van der Waals surface area contributed by atoms with Crippen LogP contribution in [0.25, 0.3) is 0 Å². The van der Waals surface area contributed by atoms with E-state index < -0.39 is 0 Å². The van der Waals surface area contributed by atoms with Gasteiger partial charge in [0, 0.05) is 23.7 Å². The maximum absolute atomic E-state index is 12.0. The van der Waals surface area contributed by atoms with E-state index in [0.717, 1.165) is 5.69 Å². The topological polar surface area (TPSA) is 80.0 Å². The number of nitrogen functional groups attached to an aromatic ring is 1. The van der Waals surface area contributed by atoms with Crippen LogP contribution in [0.5, 0.6) is 0 Å². The Morgan fingerprint density at radius 2 is 2.50 bits per heavy atom. The van der Waals surface area contributed by atoms with Gasteiger partial charge in [-0.05, 0) is 31.6 Å². The SMILES string of the molecule is Cc1cc(NN)c(C(=O)NCC2CCCS2)cn1. The second kappa shape index (κ2) is 6.06. The van der Waals surface area contributed by atoms with Crippen molar-refractivity contribution in [2.75, 3.05) is 17.7 Å². The summed E-state index contributed by atoms with van der Waals surface area (Å²) in [6.07, 6.45) is 3.98. The van der Waals surface area contributed by atoms with E-state index >= 15 is 0 Å². The summed E-state index contributed by atoms with van der Waals surface area (Å²) in [5, 5.41) is 3.48. The third kappa shape index (κ3) is 3.14. The van der Waals surface area contributed by atoms with Crippen LogP contribution in [0.1, 0.15) is 28.9 Å². The molecule has 1 aliphatic heterocycles. The lowest BCUT2D eigenvalue weighted by molar-refractivity contribution is 0.0954. The van der Waals surface area contributed by atoms with Crippen molar-refractivity contribution in [2.24, 2.45) is 5.84 Å². The molecule has 1 amide bonds. The molecule has 0 aliphatic carbocycles. The Hall–Kier alpha value is -1.27. The van der Waals surface area contributed by atoms with Crippen LogP contribution in [-0.4, -0.2) is 28.4 Å². The fourth-order valence-electron chi connectivity index (χ4n) is 1.97. The lowest BCUT2D eigenvalue weighted by atomic mass is 10.2. The highest BCUT2D eigenvalue weighted by atomic mass is 32.2. The Balaban J connectivity index is 1.99. The molecule has 0 saturated carbocycles. The van der Waals surface area contributed by atoms with Crippen LogP contribution in [0.2, 0.25) is 0 Å². The van der Waals surface area contributed by atoms with Gasteiger partial charge in [0.2, 0.25) is 0 Å². The maximum atomic E-state index is 12.0. The van der Waals surface area contributed by atoms with E-state index in [9.17, 15) is 4.79 Å². The first kappa shape index (κ1) is 13.2. The third-order valence-corrected chi connectivity index (χ3v) is 4.35. The number of nitrogens with one attached hydrogen (secondary N) is 2. The highest BCUT2D eigenvalue weighted by Gasteiger charge is 2.18. The van der Waals surface area contributed by atoms with E-state index in [1.807, 2.05) is 18.7 Å². The van der Waals surface area contributed by atoms with Gasteiger partial charge in [-0.25, -0.2) is 0 Å². The van der Waals surface area contributed by atoms with Crippen LogP contribution >= 0.6 is 11.8 Å². The van der Waals surface area contributed by atoms with Crippen LogP contribution in [-0.2, 0) is 0 Å². The molecule has 5 nitrogen and oxygen atoms in total. The molecular formula is C12H18N4OS. The van der Waals surface area contributed by atoms with Crippen molar-refractivity contribution < 1.29 is 4.79 Å². The van der Waals surface area contributed by atoms with Crippen LogP contribution in [0.4, 0.5) is 5.69 Å². The molecule has 0 radical (unpaired) electrons. The van der Waals surface area contributed by atoms with Gasteiger partial charge in [-0.15, -0.1) is 0 Å². The van der Waals surface area contributed by atoms with Crippen LogP contribution in [0.3, 0.4) is 0 Å². The van der Waals surface area contributed by atoms with Gasteiger partial charge in [0.1, 0.15) is 0 Å². The molecule has 1 unspecified atom stereocenters. The van der Waals surface area contributed by atoms with Gasteiger partial charge in [0.15, 0.2) is 0 Å². The number of amides is 1. The number of rotatable bonds is 4. The Kier molecular flexibility index (Phi) is 4.43. The summed E-state index contributed by atoms with van der Waals surface area (Å²) in [4.78, 5) is 16.2. The lowest BCUT2D eigenvalue weighted by Crippen LogP contribution is -2.30. The van der Waals surface area contributed by atoms with Gasteiger partial charge in [-0.1, -0.05) is 0 Å². The lowest BCUT2D eigenvalue weighted by Gasteiger charge is -2.12. The van der Waals surface area contributed by atoms with Crippen molar-refractivity contribution in [1.82, 2.24) is 10.3 Å². The zero-order chi connectivity index (χ0) is 13.0. The average molecular weight is 266 g/mol. The molecule has 1 fully saturated rings. The Morgan fingerprint density at radius 3 is 3.17 bits per heavy atom. The van der Waals surface area contributed by atoms with Crippen molar-refractivity contribution in [2.45, 2.75) is 25.0 Å². The second-order valence-electron chi connectivity index (χ2n) is 4.36. The van der Waals surface area contributed by atoms with Gasteiger partial charge < -0.3 is 10.7 Å². The largest absolute Gasteiger partial charge is 0.351 e. The molecule has 2 rings (SSSR count). The first-order valence-electron chi connectivity index (χ1n) is 6.04. The molecule has 1 aromatic heterocycles. The number of nitrogens with zero attached hydrogens (tertiary/aromatic N) is 1. The molecule has 0 spiro atoms. The number of hydrogen-bond donors (Lipinski definition) is 3. The average Bonchev–Trinajstić information content (AvgIpc) is 2.88. The second-order valence-corrected chi connectivity index (χ2v) is 5.77. The number of hydrazine groups is 1. The van der Waals surface area contributed by atoms with Crippen LogP contribution in [0, 0.1) is 6.92 Å². The monoisotopic (exact) mass is 266 g/mol. The summed E-state index contributed by atoms with van der Waals surface area (Å²) in [6.45, 7) is 2.57. The third-order valence-electron chi connectivity index (χ3n) is 2.96. The summed E-state index contributed by atoms with van der Waals surface area (Å²) in [7, 11) is 0. The molecule has 98 valence electrons. The number of carbonyl (C=O) groups is 1. The van der Waals surface area contributed by atoms with Crippen molar-refractivity contribution in [3.8, 4) is 0 Å². The molecule has 1 aromatic rings. The Bertz CT molecular complexity index is 432. The first-order valence-corrected chi connectivity index (χ1v) is 7.08. The van der Waals surface area contributed by atoms with E-state index in [1.165, 1.54) is 18.6 Å². The van der Waals surface area contributed by atoms with Gasteiger partial charge in [-0.3, -0.25) is 15.6 Å². The normalized spacial score (nSPS) is 18.7. The molecule has 2 heterocycles. The fourth-order valence-corrected chi connectivity index (χ4v) is 3.17. The number of nitrogens with two attached hydrogens (primary N) is 1. The summed E-state index contributed by atoms with van der Waals surface area (Å²) < 4.78 is 0. The molecular weight excluding hydrogens is 248 g/mol. The molecule has 6 heteroatoms. The smallest absolute Gasteiger partial charge is 0.255 e. The molecule has 0 aromatic carbocycles. The molecule has 1 aliphatic rings.